The summed E-state index contributed by atoms with van der Waals surface area (Å²) >= 11 is 0. The Morgan fingerprint density at radius 2 is 1.72 bits per heavy atom. The summed E-state index contributed by atoms with van der Waals surface area (Å²) in [5.74, 6) is -0.0389. The third-order valence-electron chi connectivity index (χ3n) is 3.53. The maximum absolute atomic E-state index is 12.0. The molecule has 1 aliphatic rings. The summed E-state index contributed by atoms with van der Waals surface area (Å²) in [6.07, 6.45) is 6.66. The van der Waals surface area contributed by atoms with Crippen molar-refractivity contribution in [2.75, 3.05) is 26.7 Å². The SMILES string of the molecule is CCCCN(C)C(=O)CC(=O)N1CCCCCC1. The van der Waals surface area contributed by atoms with Crippen molar-refractivity contribution in [3.05, 3.63) is 0 Å². The molecular formula is C14H26N2O2. The Morgan fingerprint density at radius 3 is 2.28 bits per heavy atom. The topological polar surface area (TPSA) is 40.6 Å². The van der Waals surface area contributed by atoms with Crippen LogP contribution in [0.1, 0.15) is 51.9 Å². The van der Waals surface area contributed by atoms with E-state index in [1.54, 1.807) is 11.9 Å². The standard InChI is InChI=1S/C14H26N2O2/c1-3-4-9-15(2)13(17)12-14(18)16-10-7-5-6-8-11-16/h3-12H2,1-2H3. The van der Waals surface area contributed by atoms with Gasteiger partial charge in [-0.1, -0.05) is 26.2 Å². The number of carbonyl (C=O) groups excluding carboxylic acids is 2. The zero-order valence-electron chi connectivity index (χ0n) is 11.8. The lowest BCUT2D eigenvalue weighted by atomic mass is 10.2. The van der Waals surface area contributed by atoms with Crippen LogP contribution in [0, 0.1) is 0 Å². The first-order chi connectivity index (χ1) is 8.65. The molecule has 1 fully saturated rings. The van der Waals surface area contributed by atoms with Gasteiger partial charge < -0.3 is 9.80 Å². The summed E-state index contributed by atoms with van der Waals surface area (Å²) < 4.78 is 0. The van der Waals surface area contributed by atoms with Crippen molar-refractivity contribution in [1.82, 2.24) is 9.80 Å². The van der Waals surface area contributed by atoms with E-state index in [4.69, 9.17) is 0 Å². The molecule has 0 bridgehead atoms. The van der Waals surface area contributed by atoms with Crippen molar-refractivity contribution in [2.24, 2.45) is 0 Å². The van der Waals surface area contributed by atoms with Crippen molar-refractivity contribution in [3.63, 3.8) is 0 Å². The summed E-state index contributed by atoms with van der Waals surface area (Å²) in [6.45, 7) is 4.50. The number of amides is 2. The van der Waals surface area contributed by atoms with E-state index in [0.717, 1.165) is 45.3 Å². The van der Waals surface area contributed by atoms with Gasteiger partial charge in [0.2, 0.25) is 11.8 Å². The van der Waals surface area contributed by atoms with Gasteiger partial charge in [0.15, 0.2) is 0 Å². The number of hydrogen-bond donors (Lipinski definition) is 0. The molecule has 18 heavy (non-hydrogen) atoms. The minimum Gasteiger partial charge on any atom is -0.345 e. The quantitative estimate of drug-likeness (QED) is 0.704. The normalized spacial score (nSPS) is 16.2. The lowest BCUT2D eigenvalue weighted by molar-refractivity contribution is -0.139. The van der Waals surface area contributed by atoms with Crippen LogP contribution < -0.4 is 0 Å². The smallest absolute Gasteiger partial charge is 0.232 e. The van der Waals surface area contributed by atoms with Crippen LogP contribution in [-0.4, -0.2) is 48.3 Å². The second-order valence-corrected chi connectivity index (χ2v) is 5.14. The lowest BCUT2D eigenvalue weighted by Crippen LogP contribution is -2.37. The van der Waals surface area contributed by atoms with Crippen molar-refractivity contribution in [1.29, 1.82) is 0 Å². The molecule has 0 aromatic heterocycles. The fraction of sp³-hybridized carbons (Fsp3) is 0.857. The van der Waals surface area contributed by atoms with E-state index in [1.165, 1.54) is 12.8 Å². The predicted octanol–water partition coefficient (Wildman–Crippen LogP) is 2.04. The third kappa shape index (κ3) is 5.07. The molecule has 0 aliphatic carbocycles. The molecule has 104 valence electrons. The fourth-order valence-electron chi connectivity index (χ4n) is 2.22. The fourth-order valence-corrected chi connectivity index (χ4v) is 2.22. The van der Waals surface area contributed by atoms with E-state index in [-0.39, 0.29) is 18.2 Å². The molecule has 4 heteroatoms. The van der Waals surface area contributed by atoms with Gasteiger partial charge in [-0.2, -0.15) is 0 Å². The molecule has 4 nitrogen and oxygen atoms in total. The average molecular weight is 254 g/mol. The van der Waals surface area contributed by atoms with Gasteiger partial charge in [-0.15, -0.1) is 0 Å². The van der Waals surface area contributed by atoms with Gasteiger partial charge in [-0.25, -0.2) is 0 Å². The summed E-state index contributed by atoms with van der Waals surface area (Å²) in [6, 6.07) is 0. The highest BCUT2D eigenvalue weighted by Gasteiger charge is 2.20. The first kappa shape index (κ1) is 15.0. The number of carbonyl (C=O) groups is 2. The first-order valence-electron chi connectivity index (χ1n) is 7.17. The summed E-state index contributed by atoms with van der Waals surface area (Å²) in [5.41, 5.74) is 0. The molecule has 0 N–H and O–H groups in total. The maximum atomic E-state index is 12.0. The van der Waals surface area contributed by atoms with Gasteiger partial charge in [0.1, 0.15) is 6.42 Å². The molecule has 0 atom stereocenters. The van der Waals surface area contributed by atoms with E-state index >= 15 is 0 Å². The predicted molar refractivity (Wildman–Crippen MR) is 72.2 cm³/mol. The zero-order chi connectivity index (χ0) is 13.4. The molecule has 0 radical (unpaired) electrons. The average Bonchev–Trinajstić information content (AvgIpc) is 2.64. The zero-order valence-corrected chi connectivity index (χ0v) is 11.8. The number of hydrogen-bond acceptors (Lipinski definition) is 2. The Kier molecular flexibility index (Phi) is 6.76. The van der Waals surface area contributed by atoms with Crippen LogP contribution in [0.15, 0.2) is 0 Å². The minimum absolute atomic E-state index is 0.00486. The molecule has 2 amide bonds. The van der Waals surface area contributed by atoms with Crippen LogP contribution in [0.5, 0.6) is 0 Å². The Balaban J connectivity index is 2.35. The number of unbranched alkanes of at least 4 members (excludes halogenated alkanes) is 1. The molecule has 0 aromatic rings. The van der Waals surface area contributed by atoms with Crippen LogP contribution in [-0.2, 0) is 9.59 Å². The largest absolute Gasteiger partial charge is 0.345 e. The molecule has 1 heterocycles. The monoisotopic (exact) mass is 254 g/mol. The summed E-state index contributed by atoms with van der Waals surface area (Å²) in [7, 11) is 1.79. The van der Waals surface area contributed by atoms with Crippen molar-refractivity contribution >= 4 is 11.8 Å². The van der Waals surface area contributed by atoms with Gasteiger partial charge in [0.25, 0.3) is 0 Å². The highest BCUT2D eigenvalue weighted by molar-refractivity contribution is 5.96. The Hall–Kier alpha value is -1.06. The van der Waals surface area contributed by atoms with Crippen LogP contribution in [0.3, 0.4) is 0 Å². The van der Waals surface area contributed by atoms with Gasteiger partial charge in [0, 0.05) is 26.7 Å². The van der Waals surface area contributed by atoms with Gasteiger partial charge in [-0.3, -0.25) is 9.59 Å². The Labute approximate surface area is 110 Å². The number of likely N-dealkylation sites (tertiary alicyclic amines) is 1. The second-order valence-electron chi connectivity index (χ2n) is 5.14. The number of rotatable bonds is 5. The summed E-state index contributed by atoms with van der Waals surface area (Å²) in [4.78, 5) is 27.4. The first-order valence-corrected chi connectivity index (χ1v) is 7.17. The highest BCUT2D eigenvalue weighted by Crippen LogP contribution is 2.11. The highest BCUT2D eigenvalue weighted by atomic mass is 16.2. The van der Waals surface area contributed by atoms with Crippen molar-refractivity contribution in [3.8, 4) is 0 Å². The number of nitrogens with zero attached hydrogens (tertiary/aromatic N) is 2. The van der Waals surface area contributed by atoms with Gasteiger partial charge in [-0.05, 0) is 19.3 Å². The van der Waals surface area contributed by atoms with E-state index in [2.05, 4.69) is 6.92 Å². The van der Waals surface area contributed by atoms with E-state index in [9.17, 15) is 9.59 Å². The third-order valence-corrected chi connectivity index (χ3v) is 3.53. The van der Waals surface area contributed by atoms with Gasteiger partial charge >= 0.3 is 0 Å². The molecule has 1 aliphatic heterocycles. The minimum atomic E-state index is -0.0438. The van der Waals surface area contributed by atoms with Crippen LogP contribution >= 0.6 is 0 Å². The summed E-state index contributed by atoms with van der Waals surface area (Å²) in [5, 5.41) is 0. The van der Waals surface area contributed by atoms with E-state index < -0.39 is 0 Å². The molecular weight excluding hydrogens is 228 g/mol. The van der Waals surface area contributed by atoms with Crippen LogP contribution in [0.2, 0.25) is 0 Å². The molecule has 1 saturated heterocycles. The Morgan fingerprint density at radius 1 is 1.11 bits per heavy atom. The van der Waals surface area contributed by atoms with E-state index in [0.29, 0.717) is 0 Å². The molecule has 0 unspecified atom stereocenters. The van der Waals surface area contributed by atoms with Crippen molar-refractivity contribution in [2.45, 2.75) is 51.9 Å². The molecule has 1 rings (SSSR count). The van der Waals surface area contributed by atoms with E-state index in [1.807, 2.05) is 4.90 Å². The second kappa shape index (κ2) is 8.11. The van der Waals surface area contributed by atoms with Crippen LogP contribution in [0.4, 0.5) is 0 Å². The Bertz CT molecular complexity index is 271. The van der Waals surface area contributed by atoms with Crippen molar-refractivity contribution < 1.29 is 9.59 Å². The molecule has 0 saturated carbocycles. The molecule has 0 spiro atoms. The van der Waals surface area contributed by atoms with Crippen LogP contribution in [0.25, 0.3) is 0 Å². The molecule has 0 aromatic carbocycles. The maximum Gasteiger partial charge on any atom is 0.232 e. The van der Waals surface area contributed by atoms with Gasteiger partial charge in [0.05, 0.1) is 0 Å². The lowest BCUT2D eigenvalue weighted by Gasteiger charge is -2.22.